The van der Waals surface area contributed by atoms with Gasteiger partial charge in [0.2, 0.25) is 5.88 Å². The zero-order valence-corrected chi connectivity index (χ0v) is 12.5. The van der Waals surface area contributed by atoms with Crippen LogP contribution in [-0.4, -0.2) is 38.3 Å². The molecule has 1 fully saturated rings. The molecule has 1 aliphatic rings. The van der Waals surface area contributed by atoms with E-state index in [-0.39, 0.29) is 12.0 Å². The van der Waals surface area contributed by atoms with Crippen LogP contribution in [0.1, 0.15) is 16.8 Å². The maximum atomic E-state index is 12.2. The number of pyridine rings is 1. The summed E-state index contributed by atoms with van der Waals surface area (Å²) in [6.07, 6.45) is 6.16. The van der Waals surface area contributed by atoms with Crippen molar-refractivity contribution in [3.63, 3.8) is 0 Å². The lowest BCUT2D eigenvalue weighted by molar-refractivity contribution is 0.102. The largest absolute Gasteiger partial charge is 0.473 e. The molecule has 3 rings (SSSR count). The Bertz CT molecular complexity index is 637. The Morgan fingerprint density at radius 3 is 3.19 bits per heavy atom. The second-order valence-electron chi connectivity index (χ2n) is 4.84. The normalized spacial score (nSPS) is 17.7. The van der Waals surface area contributed by atoms with E-state index >= 15 is 0 Å². The third-order valence-electron chi connectivity index (χ3n) is 3.14. The van der Waals surface area contributed by atoms with Crippen LogP contribution in [0.3, 0.4) is 0 Å². The maximum absolute atomic E-state index is 12.2. The topological polar surface area (TPSA) is 69.0 Å². The van der Waals surface area contributed by atoms with E-state index in [1.165, 1.54) is 0 Å². The van der Waals surface area contributed by atoms with Crippen molar-refractivity contribution in [3.05, 3.63) is 36.3 Å². The number of aryl methyl sites for hydroxylation is 1. The Kier molecular flexibility index (Phi) is 4.10. The molecule has 1 unspecified atom stereocenters. The highest BCUT2D eigenvalue weighted by atomic mass is 32.2. The van der Waals surface area contributed by atoms with Gasteiger partial charge in [-0.3, -0.25) is 9.48 Å². The van der Waals surface area contributed by atoms with Crippen LogP contribution in [0.5, 0.6) is 5.88 Å². The zero-order valence-electron chi connectivity index (χ0n) is 11.7. The van der Waals surface area contributed by atoms with Gasteiger partial charge in [0, 0.05) is 36.8 Å². The van der Waals surface area contributed by atoms with Gasteiger partial charge in [0.1, 0.15) is 6.10 Å². The minimum Gasteiger partial charge on any atom is -0.473 e. The highest BCUT2D eigenvalue weighted by molar-refractivity contribution is 7.99. The third kappa shape index (κ3) is 3.55. The van der Waals surface area contributed by atoms with Gasteiger partial charge in [0.15, 0.2) is 0 Å². The van der Waals surface area contributed by atoms with Crippen molar-refractivity contribution in [1.82, 2.24) is 14.8 Å². The van der Waals surface area contributed by atoms with Crippen molar-refractivity contribution in [1.29, 1.82) is 0 Å². The molecule has 3 heterocycles. The number of carbonyl (C=O) groups excluding carboxylic acids is 1. The van der Waals surface area contributed by atoms with Crippen LogP contribution in [0.15, 0.2) is 30.7 Å². The lowest BCUT2D eigenvalue weighted by Gasteiger charge is -2.11. The Hall–Kier alpha value is -2.02. The fraction of sp³-hybridized carbons (Fsp3) is 0.357. The van der Waals surface area contributed by atoms with E-state index in [1.807, 2.05) is 11.8 Å². The molecular formula is C14H16N4O2S. The quantitative estimate of drug-likeness (QED) is 0.935. The number of carbonyl (C=O) groups is 1. The first kappa shape index (κ1) is 13.9. The number of ether oxygens (including phenoxy) is 1. The van der Waals surface area contributed by atoms with Gasteiger partial charge in [0.05, 0.1) is 11.9 Å². The van der Waals surface area contributed by atoms with Gasteiger partial charge in [-0.25, -0.2) is 4.98 Å². The van der Waals surface area contributed by atoms with Crippen LogP contribution in [-0.2, 0) is 7.05 Å². The molecule has 2 aromatic rings. The summed E-state index contributed by atoms with van der Waals surface area (Å²) in [5, 5.41) is 6.80. The number of hydrogen-bond acceptors (Lipinski definition) is 5. The van der Waals surface area contributed by atoms with Crippen molar-refractivity contribution in [2.75, 3.05) is 16.8 Å². The Labute approximate surface area is 126 Å². The molecule has 1 aliphatic heterocycles. The number of anilines is 1. The summed E-state index contributed by atoms with van der Waals surface area (Å²) >= 11 is 1.87. The summed E-state index contributed by atoms with van der Waals surface area (Å²) in [7, 11) is 1.80. The van der Waals surface area contributed by atoms with Crippen molar-refractivity contribution in [2.24, 2.45) is 7.05 Å². The summed E-state index contributed by atoms with van der Waals surface area (Å²) in [5.74, 6) is 2.40. The summed E-state index contributed by atoms with van der Waals surface area (Å²) < 4.78 is 7.43. The summed E-state index contributed by atoms with van der Waals surface area (Å²) in [4.78, 5) is 16.3. The first-order chi connectivity index (χ1) is 10.2. The molecule has 6 nitrogen and oxygen atoms in total. The molecule has 2 aromatic heterocycles. The van der Waals surface area contributed by atoms with E-state index in [0.717, 1.165) is 17.9 Å². The smallest absolute Gasteiger partial charge is 0.256 e. The molecule has 0 bridgehead atoms. The van der Waals surface area contributed by atoms with Gasteiger partial charge in [0.25, 0.3) is 5.91 Å². The lowest BCUT2D eigenvalue weighted by Crippen LogP contribution is -2.17. The van der Waals surface area contributed by atoms with Crippen molar-refractivity contribution >= 4 is 23.4 Å². The molecule has 0 radical (unpaired) electrons. The summed E-state index contributed by atoms with van der Waals surface area (Å²) in [6, 6.07) is 3.34. The average Bonchev–Trinajstić information content (AvgIpc) is 3.11. The Balaban J connectivity index is 1.68. The number of rotatable bonds is 4. The number of nitrogens with zero attached hydrogens (tertiary/aromatic N) is 3. The standard InChI is InChI=1S/C14H16N4O2S/c1-18-8-11(7-16-18)17-14(19)10-2-4-15-13(6-10)20-12-3-5-21-9-12/h2,4,6-8,12H,3,5,9H2,1H3,(H,17,19). The van der Waals surface area contributed by atoms with Gasteiger partial charge < -0.3 is 10.1 Å². The van der Waals surface area contributed by atoms with Crippen molar-refractivity contribution < 1.29 is 9.53 Å². The van der Waals surface area contributed by atoms with Crippen LogP contribution in [0, 0.1) is 0 Å². The zero-order chi connectivity index (χ0) is 14.7. The minimum atomic E-state index is -0.198. The molecule has 21 heavy (non-hydrogen) atoms. The number of nitrogens with one attached hydrogen (secondary N) is 1. The van der Waals surface area contributed by atoms with Crippen LogP contribution >= 0.6 is 11.8 Å². The predicted octanol–water partition coefficient (Wildman–Crippen LogP) is 1.95. The molecule has 0 spiro atoms. The lowest BCUT2D eigenvalue weighted by atomic mass is 10.2. The molecule has 0 aromatic carbocycles. The predicted molar refractivity (Wildman–Crippen MR) is 81.8 cm³/mol. The first-order valence-corrected chi connectivity index (χ1v) is 7.86. The molecule has 1 saturated heterocycles. The maximum Gasteiger partial charge on any atom is 0.256 e. The van der Waals surface area contributed by atoms with Crippen molar-refractivity contribution in [2.45, 2.75) is 12.5 Å². The van der Waals surface area contributed by atoms with Crippen LogP contribution in [0.2, 0.25) is 0 Å². The van der Waals surface area contributed by atoms with E-state index in [0.29, 0.717) is 17.1 Å². The number of aromatic nitrogens is 3. The van der Waals surface area contributed by atoms with Gasteiger partial charge >= 0.3 is 0 Å². The average molecular weight is 304 g/mol. The SMILES string of the molecule is Cn1cc(NC(=O)c2ccnc(OC3CCSC3)c2)cn1. The van der Waals surface area contributed by atoms with E-state index in [1.54, 1.807) is 42.5 Å². The molecule has 0 aliphatic carbocycles. The molecular weight excluding hydrogens is 288 g/mol. The van der Waals surface area contributed by atoms with Gasteiger partial charge in [-0.2, -0.15) is 16.9 Å². The van der Waals surface area contributed by atoms with E-state index in [2.05, 4.69) is 15.4 Å². The fourth-order valence-electron chi connectivity index (χ4n) is 2.08. The number of amides is 1. The molecule has 1 amide bonds. The molecule has 110 valence electrons. The fourth-order valence-corrected chi connectivity index (χ4v) is 3.17. The number of thioether (sulfide) groups is 1. The first-order valence-electron chi connectivity index (χ1n) is 6.71. The number of hydrogen-bond donors (Lipinski definition) is 1. The van der Waals surface area contributed by atoms with E-state index in [4.69, 9.17) is 4.74 Å². The van der Waals surface area contributed by atoms with Crippen molar-refractivity contribution in [3.8, 4) is 5.88 Å². The van der Waals surface area contributed by atoms with Gasteiger partial charge in [-0.15, -0.1) is 0 Å². The van der Waals surface area contributed by atoms with Gasteiger partial charge in [-0.1, -0.05) is 0 Å². The molecule has 7 heteroatoms. The highest BCUT2D eigenvalue weighted by Gasteiger charge is 2.18. The molecule has 0 saturated carbocycles. The Morgan fingerprint density at radius 2 is 2.48 bits per heavy atom. The van der Waals surface area contributed by atoms with Crippen LogP contribution in [0.4, 0.5) is 5.69 Å². The van der Waals surface area contributed by atoms with Crippen LogP contribution < -0.4 is 10.1 Å². The highest BCUT2D eigenvalue weighted by Crippen LogP contribution is 2.22. The van der Waals surface area contributed by atoms with E-state index in [9.17, 15) is 4.79 Å². The van der Waals surface area contributed by atoms with E-state index < -0.39 is 0 Å². The minimum absolute atomic E-state index is 0.194. The van der Waals surface area contributed by atoms with Crippen LogP contribution in [0.25, 0.3) is 0 Å². The Morgan fingerprint density at radius 1 is 1.57 bits per heavy atom. The second-order valence-corrected chi connectivity index (χ2v) is 5.99. The summed E-state index contributed by atoms with van der Waals surface area (Å²) in [5.41, 5.74) is 1.18. The molecule has 1 N–H and O–H groups in total. The molecule has 1 atom stereocenters. The monoisotopic (exact) mass is 304 g/mol. The second kappa shape index (κ2) is 6.17. The van der Waals surface area contributed by atoms with Gasteiger partial charge in [-0.05, 0) is 18.2 Å². The summed E-state index contributed by atoms with van der Waals surface area (Å²) in [6.45, 7) is 0. The third-order valence-corrected chi connectivity index (χ3v) is 4.27.